The molecule has 0 bridgehead atoms. The summed E-state index contributed by atoms with van der Waals surface area (Å²) in [6.45, 7) is 1.48. The minimum atomic E-state index is -1.21. The first-order chi connectivity index (χ1) is 17.7. The van der Waals surface area contributed by atoms with Crippen LogP contribution >= 0.6 is 12.6 Å². The number of carbonyl (C=O) groups is 4. The van der Waals surface area contributed by atoms with Crippen molar-refractivity contribution in [2.75, 3.05) is 5.75 Å². The molecule has 0 saturated carbocycles. The van der Waals surface area contributed by atoms with Gasteiger partial charge < -0.3 is 31.8 Å². The van der Waals surface area contributed by atoms with Gasteiger partial charge in [-0.15, -0.1) is 0 Å². The Kier molecular flexibility index (Phi) is 9.70. The molecule has 0 fully saturated rings. The summed E-state index contributed by atoms with van der Waals surface area (Å²) in [6.07, 6.45) is 1.89. The van der Waals surface area contributed by atoms with E-state index in [1.807, 2.05) is 30.3 Å². The van der Waals surface area contributed by atoms with Gasteiger partial charge in [0.2, 0.25) is 17.7 Å². The van der Waals surface area contributed by atoms with Crippen molar-refractivity contribution in [1.82, 2.24) is 20.9 Å². The number of hydrogen-bond acceptors (Lipinski definition) is 6. The number of aromatic nitrogens is 1. The number of carboxylic acids is 1. The summed E-state index contributed by atoms with van der Waals surface area (Å²) in [5.74, 6) is -3.08. The molecule has 0 saturated heterocycles. The van der Waals surface area contributed by atoms with Crippen LogP contribution in [-0.2, 0) is 32.0 Å². The third-order valence-electron chi connectivity index (χ3n) is 5.86. The number of nitrogens with two attached hydrogens (primary N) is 1. The highest BCUT2D eigenvalue weighted by Gasteiger charge is 2.30. The fourth-order valence-electron chi connectivity index (χ4n) is 3.82. The van der Waals surface area contributed by atoms with Crippen LogP contribution in [0.1, 0.15) is 18.1 Å². The Morgan fingerprint density at radius 1 is 0.865 bits per heavy atom. The van der Waals surface area contributed by atoms with Gasteiger partial charge in [0.25, 0.3) is 0 Å². The number of H-pyrrole nitrogens is 1. The van der Waals surface area contributed by atoms with Crippen LogP contribution in [-0.4, -0.2) is 63.7 Å². The van der Waals surface area contributed by atoms with Gasteiger partial charge in [0.1, 0.15) is 18.1 Å². The quantitative estimate of drug-likeness (QED) is 0.173. The fourth-order valence-corrected chi connectivity index (χ4v) is 4.08. The molecule has 2 aromatic carbocycles. The number of hydrogen-bond donors (Lipinski definition) is 7. The molecule has 37 heavy (non-hydrogen) atoms. The molecule has 10 nitrogen and oxygen atoms in total. The molecule has 0 aliphatic carbocycles. The number of benzene rings is 2. The molecule has 7 N–H and O–H groups in total. The summed E-state index contributed by atoms with van der Waals surface area (Å²) in [5.41, 5.74) is 7.94. The predicted molar refractivity (Wildman–Crippen MR) is 143 cm³/mol. The van der Waals surface area contributed by atoms with Crippen LogP contribution in [0.15, 0.2) is 60.8 Å². The number of thiol groups is 1. The lowest BCUT2D eigenvalue weighted by atomic mass is 10.0. The third-order valence-corrected chi connectivity index (χ3v) is 6.22. The zero-order chi connectivity index (χ0) is 26.9. The molecule has 0 radical (unpaired) electrons. The van der Waals surface area contributed by atoms with Crippen molar-refractivity contribution in [2.45, 2.75) is 43.9 Å². The van der Waals surface area contributed by atoms with Crippen LogP contribution in [0.5, 0.6) is 0 Å². The lowest BCUT2D eigenvalue weighted by Gasteiger charge is -2.24. The average Bonchev–Trinajstić information content (AvgIpc) is 3.29. The monoisotopic (exact) mass is 525 g/mol. The highest BCUT2D eigenvalue weighted by Crippen LogP contribution is 2.19. The topological polar surface area (TPSA) is 166 Å². The molecule has 3 aromatic rings. The Hall–Kier alpha value is -3.83. The Morgan fingerprint density at radius 3 is 2.11 bits per heavy atom. The number of fused-ring (bicyclic) bond motifs is 1. The molecule has 11 heteroatoms. The highest BCUT2D eigenvalue weighted by atomic mass is 32.1. The van der Waals surface area contributed by atoms with Gasteiger partial charge in [0.05, 0.1) is 6.04 Å². The lowest BCUT2D eigenvalue weighted by molar-refractivity contribution is -0.142. The van der Waals surface area contributed by atoms with E-state index < -0.39 is 47.9 Å². The van der Waals surface area contributed by atoms with Crippen LogP contribution in [0.25, 0.3) is 10.9 Å². The molecule has 1 heterocycles. The first-order valence-electron chi connectivity index (χ1n) is 11.8. The van der Waals surface area contributed by atoms with E-state index in [4.69, 9.17) is 5.73 Å². The Balaban J connectivity index is 1.83. The second-order valence-electron chi connectivity index (χ2n) is 8.75. The highest BCUT2D eigenvalue weighted by molar-refractivity contribution is 7.80. The number of rotatable bonds is 12. The fraction of sp³-hybridized carbons (Fsp3) is 0.308. The second kappa shape index (κ2) is 12.9. The molecule has 4 unspecified atom stereocenters. The van der Waals surface area contributed by atoms with Crippen LogP contribution in [0.3, 0.4) is 0 Å². The predicted octanol–water partition coefficient (Wildman–Crippen LogP) is 0.769. The number of nitrogens with one attached hydrogen (secondary N) is 4. The molecule has 3 amide bonds. The minimum absolute atomic E-state index is 0.0303. The molecule has 196 valence electrons. The van der Waals surface area contributed by atoms with Gasteiger partial charge in [-0.05, 0) is 24.1 Å². The number of carboxylic acid groups (broad SMARTS) is 1. The summed E-state index contributed by atoms with van der Waals surface area (Å²) < 4.78 is 0. The van der Waals surface area contributed by atoms with Crippen LogP contribution < -0.4 is 21.7 Å². The first-order valence-corrected chi connectivity index (χ1v) is 12.4. The van der Waals surface area contributed by atoms with Crippen LogP contribution in [0, 0.1) is 0 Å². The van der Waals surface area contributed by atoms with Crippen molar-refractivity contribution >= 4 is 47.2 Å². The average molecular weight is 526 g/mol. The molecule has 1 aromatic heterocycles. The number of amides is 3. The van der Waals surface area contributed by atoms with Crippen molar-refractivity contribution in [2.24, 2.45) is 5.73 Å². The maximum absolute atomic E-state index is 13.4. The van der Waals surface area contributed by atoms with E-state index in [-0.39, 0.29) is 18.6 Å². The number of para-hydroxylation sites is 1. The Morgan fingerprint density at radius 2 is 1.46 bits per heavy atom. The van der Waals surface area contributed by atoms with Gasteiger partial charge in [0.15, 0.2) is 0 Å². The summed E-state index contributed by atoms with van der Waals surface area (Å²) in [5, 5.41) is 18.3. The van der Waals surface area contributed by atoms with Gasteiger partial charge >= 0.3 is 5.97 Å². The zero-order valence-electron chi connectivity index (χ0n) is 20.3. The Labute approximate surface area is 219 Å². The largest absolute Gasteiger partial charge is 0.480 e. The molecular weight excluding hydrogens is 494 g/mol. The van der Waals surface area contributed by atoms with Gasteiger partial charge in [-0.25, -0.2) is 4.79 Å². The van der Waals surface area contributed by atoms with E-state index >= 15 is 0 Å². The summed E-state index contributed by atoms with van der Waals surface area (Å²) in [6, 6.07) is 12.2. The number of carbonyl (C=O) groups excluding carboxylic acids is 3. The lowest BCUT2D eigenvalue weighted by Crippen LogP contribution is -2.58. The second-order valence-corrected chi connectivity index (χ2v) is 9.11. The molecular formula is C26H31N5O5S. The van der Waals surface area contributed by atoms with Crippen LogP contribution in [0.4, 0.5) is 0 Å². The SMILES string of the molecule is CC(N)C(=O)NC(CS)C(=O)NC(Cc1c[nH]c2ccccc12)C(=O)NC(Cc1ccccc1)C(=O)O. The maximum Gasteiger partial charge on any atom is 0.326 e. The van der Waals surface area contributed by atoms with Crippen molar-refractivity contribution in [3.8, 4) is 0 Å². The molecule has 0 spiro atoms. The molecule has 0 aliphatic rings. The van der Waals surface area contributed by atoms with E-state index in [1.165, 1.54) is 6.92 Å². The van der Waals surface area contributed by atoms with Gasteiger partial charge in [0, 0.05) is 35.7 Å². The standard InChI is InChI=1S/C26H31N5O5S/c1-15(27)23(32)31-22(14-37)25(34)29-20(12-17-13-28-19-10-6-5-9-18(17)19)24(33)30-21(26(35)36)11-16-7-3-2-4-8-16/h2-10,13,15,20-22,28,37H,11-12,14,27H2,1H3,(H,29,34)(H,30,33)(H,31,32)(H,35,36). The summed E-state index contributed by atoms with van der Waals surface area (Å²) in [4.78, 5) is 53.5. The molecule has 4 atom stereocenters. The summed E-state index contributed by atoms with van der Waals surface area (Å²) in [7, 11) is 0. The number of aromatic amines is 1. The van der Waals surface area contributed by atoms with Gasteiger partial charge in [-0.2, -0.15) is 12.6 Å². The molecule has 0 aliphatic heterocycles. The zero-order valence-corrected chi connectivity index (χ0v) is 21.2. The van der Waals surface area contributed by atoms with E-state index in [1.54, 1.807) is 30.5 Å². The van der Waals surface area contributed by atoms with Crippen LogP contribution in [0.2, 0.25) is 0 Å². The maximum atomic E-state index is 13.4. The minimum Gasteiger partial charge on any atom is -0.480 e. The van der Waals surface area contributed by atoms with Crippen molar-refractivity contribution in [1.29, 1.82) is 0 Å². The van der Waals surface area contributed by atoms with Crippen molar-refractivity contribution < 1.29 is 24.3 Å². The van der Waals surface area contributed by atoms with E-state index in [9.17, 15) is 24.3 Å². The van der Waals surface area contributed by atoms with Gasteiger partial charge in [-0.1, -0.05) is 48.5 Å². The number of aliphatic carboxylic acids is 1. The molecule has 3 rings (SSSR count). The normalized spacial score (nSPS) is 14.2. The summed E-state index contributed by atoms with van der Waals surface area (Å²) >= 11 is 4.15. The van der Waals surface area contributed by atoms with Crippen molar-refractivity contribution in [3.05, 3.63) is 71.9 Å². The van der Waals surface area contributed by atoms with E-state index in [0.717, 1.165) is 22.0 Å². The smallest absolute Gasteiger partial charge is 0.326 e. The van der Waals surface area contributed by atoms with Gasteiger partial charge in [-0.3, -0.25) is 14.4 Å². The third kappa shape index (κ3) is 7.58. The van der Waals surface area contributed by atoms with E-state index in [0.29, 0.717) is 0 Å². The van der Waals surface area contributed by atoms with Crippen molar-refractivity contribution in [3.63, 3.8) is 0 Å². The Bertz CT molecular complexity index is 1250. The first kappa shape index (κ1) is 27.8. The van der Waals surface area contributed by atoms with E-state index in [2.05, 4.69) is 33.6 Å².